The Morgan fingerprint density at radius 2 is 1.88 bits per heavy atom. The average Bonchev–Trinajstić information content (AvgIpc) is 3.31. The van der Waals surface area contributed by atoms with E-state index in [1.807, 2.05) is 56.0 Å². The number of hydrogen-bond acceptors (Lipinski definition) is 7. The molecule has 4 rings (SSSR count). The minimum Gasteiger partial charge on any atom is -0.499 e. The van der Waals surface area contributed by atoms with Crippen LogP contribution in [0.3, 0.4) is 0 Å². The average molecular weight is 554 g/mol. The summed E-state index contributed by atoms with van der Waals surface area (Å²) in [5.41, 5.74) is 3.94. The number of hydrogen-bond donors (Lipinski definition) is 3. The van der Waals surface area contributed by atoms with Gasteiger partial charge < -0.3 is 25.0 Å². The van der Waals surface area contributed by atoms with Crippen LogP contribution < -0.4 is 20.7 Å². The minimum absolute atomic E-state index is 0.112. The Morgan fingerprint density at radius 1 is 1.15 bits per heavy atom. The molecule has 1 saturated heterocycles. The van der Waals surface area contributed by atoms with Gasteiger partial charge in [0.1, 0.15) is 11.5 Å². The van der Waals surface area contributed by atoms with Gasteiger partial charge in [-0.15, -0.1) is 0 Å². The maximum absolute atomic E-state index is 11.8. The molecule has 1 aromatic heterocycles. The van der Waals surface area contributed by atoms with Crippen LogP contribution in [0.25, 0.3) is 6.08 Å². The van der Waals surface area contributed by atoms with Gasteiger partial charge in [0, 0.05) is 43.4 Å². The second kappa shape index (κ2) is 16.9. The van der Waals surface area contributed by atoms with Crippen molar-refractivity contribution in [1.29, 1.82) is 0 Å². The predicted molar refractivity (Wildman–Crippen MR) is 156 cm³/mol. The van der Waals surface area contributed by atoms with E-state index in [2.05, 4.69) is 27.0 Å². The van der Waals surface area contributed by atoms with Gasteiger partial charge in [0.25, 0.3) is 5.91 Å². The molecule has 0 radical (unpaired) electrons. The first kappa shape index (κ1) is 32.3. The van der Waals surface area contributed by atoms with Gasteiger partial charge in [-0.2, -0.15) is 0 Å². The Balaban J connectivity index is 0.000000296. The number of carbonyl (C=O) groups is 3. The number of benzene rings is 1. The van der Waals surface area contributed by atoms with Crippen LogP contribution in [0.4, 0.5) is 4.79 Å². The molecule has 0 atom stereocenters. The zero-order valence-electron chi connectivity index (χ0n) is 24.5. The van der Waals surface area contributed by atoms with Crippen molar-refractivity contribution in [2.75, 3.05) is 40.4 Å². The van der Waals surface area contributed by atoms with Gasteiger partial charge in [0.2, 0.25) is 5.91 Å². The Kier molecular flexibility index (Phi) is 13.7. The molecular formula is C30H43N5O5. The Hall–Kier alpha value is -3.92. The number of carbonyl (C=O) groups excluding carboxylic acids is 3. The Morgan fingerprint density at radius 3 is 2.50 bits per heavy atom. The quantitative estimate of drug-likeness (QED) is 0.442. The zero-order chi connectivity index (χ0) is 29.5. The Labute approximate surface area is 237 Å². The number of methoxy groups -OCH3 is 2. The second-order valence-electron chi connectivity index (χ2n) is 9.06. The second-order valence-corrected chi connectivity index (χ2v) is 9.06. The van der Waals surface area contributed by atoms with Crippen molar-refractivity contribution in [2.45, 2.75) is 53.0 Å². The lowest BCUT2D eigenvalue weighted by atomic mass is 9.93. The summed E-state index contributed by atoms with van der Waals surface area (Å²) >= 11 is 0. The number of rotatable bonds is 7. The number of amides is 4. The highest BCUT2D eigenvalue weighted by molar-refractivity contribution is 5.98. The number of nitrogens with zero attached hydrogens (tertiary/aromatic N) is 2. The van der Waals surface area contributed by atoms with Crippen LogP contribution in [0.2, 0.25) is 0 Å². The van der Waals surface area contributed by atoms with E-state index in [-0.39, 0.29) is 12.5 Å². The van der Waals surface area contributed by atoms with Gasteiger partial charge in [-0.1, -0.05) is 19.9 Å². The predicted octanol–water partition coefficient (Wildman–Crippen LogP) is 4.08. The molecule has 40 heavy (non-hydrogen) atoms. The number of pyridine rings is 1. The number of urea groups is 1. The lowest BCUT2D eigenvalue weighted by Gasteiger charge is -2.22. The van der Waals surface area contributed by atoms with Crippen molar-refractivity contribution >= 4 is 23.9 Å². The van der Waals surface area contributed by atoms with Crippen LogP contribution in [0, 0.1) is 0 Å². The molecule has 3 heterocycles. The normalized spacial score (nSPS) is 14.6. The third-order valence-electron chi connectivity index (χ3n) is 6.44. The Bertz CT molecular complexity index is 1160. The summed E-state index contributed by atoms with van der Waals surface area (Å²) in [6, 6.07) is 9.08. The third-order valence-corrected chi connectivity index (χ3v) is 6.44. The number of ether oxygens (including phenoxy) is 2. The summed E-state index contributed by atoms with van der Waals surface area (Å²) < 4.78 is 10.4. The maximum atomic E-state index is 11.8. The summed E-state index contributed by atoms with van der Waals surface area (Å²) in [5.74, 6) is 1.52. The summed E-state index contributed by atoms with van der Waals surface area (Å²) in [5, 5.41) is 8.08. The van der Waals surface area contributed by atoms with Crippen LogP contribution in [0.1, 0.15) is 73.6 Å². The summed E-state index contributed by atoms with van der Waals surface area (Å²) in [6.45, 7) is 11.0. The van der Waals surface area contributed by atoms with E-state index >= 15 is 0 Å². The molecule has 1 aromatic carbocycles. The number of fused-ring (bicyclic) bond motifs is 1. The molecule has 218 valence electrons. The standard InChI is InChI=1S/C17H24N4O3.C11H13NO2.C2H6/c1-12(22)21-17(23)20-11-15(24-2)9-13-3-8-19-16(10-13)14-4-6-18-7-5-14;1-3-12-7-8-4-5-9(14-2)6-10(8)11(12)13;1-2/h3,8-10,14,18H,4-7,11H2,1-2H3,(H2,20,21,22,23);4-6H,3,7H2,1-2H3;1-2H3/b15-9-;;. The number of piperidine rings is 1. The van der Waals surface area contributed by atoms with Crippen molar-refractivity contribution in [3.8, 4) is 5.75 Å². The number of nitrogens with one attached hydrogen (secondary N) is 3. The van der Waals surface area contributed by atoms with Crippen molar-refractivity contribution < 1.29 is 23.9 Å². The van der Waals surface area contributed by atoms with Crippen molar-refractivity contribution in [3.63, 3.8) is 0 Å². The van der Waals surface area contributed by atoms with E-state index in [1.54, 1.807) is 20.4 Å². The first-order chi connectivity index (χ1) is 19.3. The van der Waals surface area contributed by atoms with E-state index in [4.69, 9.17) is 9.47 Å². The van der Waals surface area contributed by atoms with Gasteiger partial charge in [0.15, 0.2) is 0 Å². The summed E-state index contributed by atoms with van der Waals surface area (Å²) in [6.07, 6.45) is 5.83. The van der Waals surface area contributed by atoms with Crippen LogP contribution in [-0.2, 0) is 16.1 Å². The maximum Gasteiger partial charge on any atom is 0.321 e. The van der Waals surface area contributed by atoms with Crippen molar-refractivity contribution in [3.05, 3.63) is 64.7 Å². The molecule has 2 aliphatic rings. The molecule has 0 bridgehead atoms. The van der Waals surface area contributed by atoms with Gasteiger partial charge in [-0.3, -0.25) is 19.9 Å². The molecule has 10 heteroatoms. The third kappa shape index (κ3) is 9.68. The monoisotopic (exact) mass is 553 g/mol. The highest BCUT2D eigenvalue weighted by atomic mass is 16.5. The van der Waals surface area contributed by atoms with Crippen LogP contribution in [0.15, 0.2) is 42.3 Å². The molecule has 2 aromatic rings. The van der Waals surface area contributed by atoms with E-state index in [0.717, 1.165) is 67.2 Å². The van der Waals surface area contributed by atoms with Crippen LogP contribution >= 0.6 is 0 Å². The largest absolute Gasteiger partial charge is 0.499 e. The SMILES string of the molecule is CC.CCN1Cc2ccc(OC)cc2C1=O.CO/C(=C\c1ccnc(C2CCNCC2)c1)CNC(=O)NC(C)=O. The molecule has 1 fully saturated rings. The fourth-order valence-corrected chi connectivity index (χ4v) is 4.36. The smallest absolute Gasteiger partial charge is 0.321 e. The zero-order valence-corrected chi connectivity index (χ0v) is 24.5. The first-order valence-electron chi connectivity index (χ1n) is 13.8. The molecule has 4 amide bonds. The highest BCUT2D eigenvalue weighted by Gasteiger charge is 2.26. The highest BCUT2D eigenvalue weighted by Crippen LogP contribution is 2.26. The fraction of sp³-hybridized carbons (Fsp3) is 0.467. The van der Waals surface area contributed by atoms with Gasteiger partial charge >= 0.3 is 6.03 Å². The number of imide groups is 1. The van der Waals surface area contributed by atoms with E-state index in [9.17, 15) is 14.4 Å². The molecule has 0 spiro atoms. The number of aromatic nitrogens is 1. The van der Waals surface area contributed by atoms with Gasteiger partial charge in [-0.05, 0) is 74.3 Å². The molecule has 10 nitrogen and oxygen atoms in total. The fourth-order valence-electron chi connectivity index (χ4n) is 4.36. The van der Waals surface area contributed by atoms with Crippen molar-refractivity contribution in [1.82, 2.24) is 25.8 Å². The first-order valence-corrected chi connectivity index (χ1v) is 13.8. The van der Waals surface area contributed by atoms with Crippen LogP contribution in [-0.4, -0.2) is 68.1 Å². The molecule has 0 saturated carbocycles. The molecule has 0 aliphatic carbocycles. The van der Waals surface area contributed by atoms with Crippen LogP contribution in [0.5, 0.6) is 5.75 Å². The van der Waals surface area contributed by atoms with E-state index in [0.29, 0.717) is 11.7 Å². The molecule has 3 N–H and O–H groups in total. The molecular weight excluding hydrogens is 510 g/mol. The summed E-state index contributed by atoms with van der Waals surface area (Å²) in [4.78, 5) is 40.3. The lowest BCUT2D eigenvalue weighted by molar-refractivity contribution is -0.117. The topological polar surface area (TPSA) is 122 Å². The molecule has 0 unspecified atom stereocenters. The van der Waals surface area contributed by atoms with E-state index in [1.165, 1.54) is 6.92 Å². The van der Waals surface area contributed by atoms with Crippen molar-refractivity contribution in [2.24, 2.45) is 0 Å². The van der Waals surface area contributed by atoms with E-state index < -0.39 is 11.9 Å². The lowest BCUT2D eigenvalue weighted by Crippen LogP contribution is -2.39. The van der Waals surface area contributed by atoms with Gasteiger partial charge in [-0.25, -0.2) is 4.79 Å². The summed E-state index contributed by atoms with van der Waals surface area (Å²) in [7, 11) is 3.16. The van der Waals surface area contributed by atoms with Gasteiger partial charge in [0.05, 0.1) is 20.8 Å². The minimum atomic E-state index is -0.546. The molecule has 2 aliphatic heterocycles.